The van der Waals surface area contributed by atoms with Gasteiger partial charge in [0.05, 0.1) is 5.60 Å². The fourth-order valence-electron chi connectivity index (χ4n) is 1.46. The zero-order valence-corrected chi connectivity index (χ0v) is 6.38. The molecule has 0 spiro atoms. The van der Waals surface area contributed by atoms with Crippen LogP contribution in [0, 0.1) is 6.07 Å². The van der Waals surface area contributed by atoms with Crippen LogP contribution in [0.4, 0.5) is 0 Å². The van der Waals surface area contributed by atoms with Gasteiger partial charge in [0.25, 0.3) is 0 Å². The van der Waals surface area contributed by atoms with E-state index in [0.717, 1.165) is 24.8 Å². The molecule has 0 saturated heterocycles. The molecule has 0 amide bonds. The second-order valence-electron chi connectivity index (χ2n) is 3.16. The Labute approximate surface area is 66.7 Å². The summed E-state index contributed by atoms with van der Waals surface area (Å²) in [6.45, 7) is 0. The molecule has 0 atom stereocenters. The number of hydrogen-bond donors (Lipinski definition) is 1. The number of aliphatic hydroxyl groups is 1. The van der Waals surface area contributed by atoms with Gasteiger partial charge in [0, 0.05) is 0 Å². The van der Waals surface area contributed by atoms with Crippen LogP contribution in [0.25, 0.3) is 0 Å². The summed E-state index contributed by atoms with van der Waals surface area (Å²) in [6.07, 6.45) is 2.93. The Morgan fingerprint density at radius 1 is 1.36 bits per heavy atom. The molecule has 57 valence electrons. The first-order chi connectivity index (χ1) is 5.31. The van der Waals surface area contributed by atoms with Crippen LogP contribution in [-0.2, 0) is 5.60 Å². The topological polar surface area (TPSA) is 20.2 Å². The van der Waals surface area contributed by atoms with E-state index in [4.69, 9.17) is 0 Å². The zero-order valence-electron chi connectivity index (χ0n) is 6.38. The molecular formula is C10H11O. The quantitative estimate of drug-likeness (QED) is 0.642. The number of hydrogen-bond acceptors (Lipinski definition) is 1. The Balaban J connectivity index is 2.29. The van der Waals surface area contributed by atoms with E-state index in [2.05, 4.69) is 6.07 Å². The Hall–Kier alpha value is -0.820. The zero-order chi connectivity index (χ0) is 7.73. The standard InChI is InChI=1S/C10H11O/c11-10(7-4-8-10)9-5-2-1-3-6-9/h1-3,5,11H,4,7-8H2. The molecule has 0 aromatic heterocycles. The monoisotopic (exact) mass is 147 g/mol. The summed E-state index contributed by atoms with van der Waals surface area (Å²) in [7, 11) is 0. The number of benzene rings is 1. The maximum Gasteiger partial charge on any atom is 0.0902 e. The highest BCUT2D eigenvalue weighted by Gasteiger charge is 2.35. The van der Waals surface area contributed by atoms with Gasteiger partial charge in [-0.05, 0) is 30.9 Å². The van der Waals surface area contributed by atoms with Gasteiger partial charge >= 0.3 is 0 Å². The lowest BCUT2D eigenvalue weighted by Crippen LogP contribution is -2.33. The average Bonchev–Trinajstić information content (AvgIpc) is 2.02. The summed E-state index contributed by atoms with van der Waals surface area (Å²) in [5, 5.41) is 9.85. The predicted octanol–water partition coefficient (Wildman–Crippen LogP) is 1.86. The van der Waals surface area contributed by atoms with E-state index in [0.29, 0.717) is 0 Å². The highest BCUT2D eigenvalue weighted by atomic mass is 16.3. The van der Waals surface area contributed by atoms with Gasteiger partial charge < -0.3 is 5.11 Å². The molecule has 1 N–H and O–H groups in total. The molecule has 1 nitrogen and oxygen atoms in total. The van der Waals surface area contributed by atoms with Crippen molar-refractivity contribution in [3.05, 3.63) is 35.9 Å². The van der Waals surface area contributed by atoms with Crippen LogP contribution in [0.2, 0.25) is 0 Å². The molecule has 0 aliphatic heterocycles. The van der Waals surface area contributed by atoms with Crippen molar-refractivity contribution in [3.63, 3.8) is 0 Å². The van der Waals surface area contributed by atoms with Gasteiger partial charge in [-0.25, -0.2) is 0 Å². The van der Waals surface area contributed by atoms with Gasteiger partial charge in [-0.3, -0.25) is 0 Å². The lowest BCUT2D eigenvalue weighted by molar-refractivity contribution is -0.0390. The second kappa shape index (κ2) is 2.35. The van der Waals surface area contributed by atoms with Crippen LogP contribution in [-0.4, -0.2) is 5.11 Å². The van der Waals surface area contributed by atoms with Crippen molar-refractivity contribution in [2.45, 2.75) is 24.9 Å². The molecule has 1 radical (unpaired) electrons. The molecule has 0 unspecified atom stereocenters. The normalized spacial score (nSPS) is 20.8. The molecule has 1 saturated carbocycles. The molecule has 11 heavy (non-hydrogen) atoms. The van der Waals surface area contributed by atoms with Gasteiger partial charge in [-0.15, -0.1) is 0 Å². The second-order valence-corrected chi connectivity index (χ2v) is 3.16. The Kier molecular flexibility index (Phi) is 1.46. The first-order valence-corrected chi connectivity index (χ1v) is 4.01. The molecule has 1 aromatic rings. The van der Waals surface area contributed by atoms with Crippen LogP contribution in [0.3, 0.4) is 0 Å². The van der Waals surface area contributed by atoms with E-state index in [1.807, 2.05) is 24.3 Å². The van der Waals surface area contributed by atoms with E-state index in [1.165, 1.54) is 0 Å². The molecule has 0 bridgehead atoms. The molecule has 1 aliphatic rings. The maximum atomic E-state index is 9.85. The van der Waals surface area contributed by atoms with E-state index < -0.39 is 5.60 Å². The lowest BCUT2D eigenvalue weighted by Gasteiger charge is -2.36. The van der Waals surface area contributed by atoms with Gasteiger partial charge in [-0.1, -0.05) is 24.3 Å². The number of rotatable bonds is 1. The van der Waals surface area contributed by atoms with E-state index in [-0.39, 0.29) is 0 Å². The third-order valence-electron chi connectivity index (χ3n) is 2.39. The smallest absolute Gasteiger partial charge is 0.0902 e. The Bertz CT molecular complexity index is 236. The minimum atomic E-state index is -0.540. The lowest BCUT2D eigenvalue weighted by atomic mass is 9.75. The van der Waals surface area contributed by atoms with Gasteiger partial charge in [-0.2, -0.15) is 0 Å². The molecule has 1 aromatic carbocycles. The third kappa shape index (κ3) is 1.05. The summed E-state index contributed by atoms with van der Waals surface area (Å²) in [5.41, 5.74) is 0.410. The van der Waals surface area contributed by atoms with Crippen LogP contribution >= 0.6 is 0 Å². The Morgan fingerprint density at radius 2 is 2.18 bits per heavy atom. The molecule has 1 fully saturated rings. The SMILES string of the molecule is OC1(c2[c]cccc2)CCC1. The van der Waals surface area contributed by atoms with Crippen molar-refractivity contribution in [1.29, 1.82) is 0 Å². The highest BCUT2D eigenvalue weighted by molar-refractivity contribution is 5.22. The predicted molar refractivity (Wildman–Crippen MR) is 43.0 cm³/mol. The largest absolute Gasteiger partial charge is 0.385 e. The molecular weight excluding hydrogens is 136 g/mol. The fourth-order valence-corrected chi connectivity index (χ4v) is 1.46. The Morgan fingerprint density at radius 3 is 2.64 bits per heavy atom. The van der Waals surface area contributed by atoms with Crippen molar-refractivity contribution >= 4 is 0 Å². The van der Waals surface area contributed by atoms with Crippen LogP contribution in [0.15, 0.2) is 24.3 Å². The summed E-state index contributed by atoms with van der Waals surface area (Å²) in [6, 6.07) is 10.7. The highest BCUT2D eigenvalue weighted by Crippen LogP contribution is 2.40. The van der Waals surface area contributed by atoms with Crippen molar-refractivity contribution in [1.82, 2.24) is 0 Å². The van der Waals surface area contributed by atoms with Gasteiger partial charge in [0.1, 0.15) is 0 Å². The van der Waals surface area contributed by atoms with Gasteiger partial charge in [0.2, 0.25) is 0 Å². The van der Waals surface area contributed by atoms with Crippen molar-refractivity contribution in [2.24, 2.45) is 0 Å². The minimum absolute atomic E-state index is 0.540. The van der Waals surface area contributed by atoms with E-state index in [1.54, 1.807) is 0 Å². The average molecular weight is 147 g/mol. The van der Waals surface area contributed by atoms with Crippen molar-refractivity contribution < 1.29 is 5.11 Å². The van der Waals surface area contributed by atoms with Crippen molar-refractivity contribution in [3.8, 4) is 0 Å². The van der Waals surface area contributed by atoms with Crippen LogP contribution in [0.5, 0.6) is 0 Å². The molecule has 0 heterocycles. The van der Waals surface area contributed by atoms with Crippen molar-refractivity contribution in [2.75, 3.05) is 0 Å². The first kappa shape index (κ1) is 6.86. The maximum absolute atomic E-state index is 9.85. The summed E-state index contributed by atoms with van der Waals surface area (Å²) in [5.74, 6) is 0. The third-order valence-corrected chi connectivity index (χ3v) is 2.39. The van der Waals surface area contributed by atoms with E-state index in [9.17, 15) is 5.11 Å². The summed E-state index contributed by atoms with van der Waals surface area (Å²) in [4.78, 5) is 0. The fraction of sp³-hybridized carbons (Fsp3) is 0.400. The summed E-state index contributed by atoms with van der Waals surface area (Å²) < 4.78 is 0. The summed E-state index contributed by atoms with van der Waals surface area (Å²) >= 11 is 0. The molecule has 1 heteroatoms. The van der Waals surface area contributed by atoms with Gasteiger partial charge in [0.15, 0.2) is 0 Å². The first-order valence-electron chi connectivity index (χ1n) is 4.01. The molecule has 1 aliphatic carbocycles. The van der Waals surface area contributed by atoms with Crippen LogP contribution < -0.4 is 0 Å². The molecule has 2 rings (SSSR count). The van der Waals surface area contributed by atoms with Crippen LogP contribution in [0.1, 0.15) is 24.8 Å². The minimum Gasteiger partial charge on any atom is -0.385 e. The van der Waals surface area contributed by atoms with E-state index >= 15 is 0 Å².